The van der Waals surface area contributed by atoms with Crippen molar-refractivity contribution in [3.63, 3.8) is 0 Å². The fraction of sp³-hybridized carbons (Fsp3) is 0.667. The molecule has 0 aromatic heterocycles. The zero-order chi connectivity index (χ0) is 22.4. The van der Waals surface area contributed by atoms with E-state index in [1.807, 2.05) is 19.9 Å². The molecule has 4 aliphatic carbocycles. The first-order chi connectivity index (χ1) is 14.6. The number of carbonyl (C=O) groups is 2. The van der Waals surface area contributed by atoms with E-state index in [9.17, 15) is 9.59 Å². The standard InChI is InChI=1S/C24H33ClN2O4/c1-5-30-22(29)27-24-11-15-9-16(12-24)20(17(10-15)13-24)26-21(28)23(3,4)31-19-7-6-18(25)8-14(19)2/h6-8,15-17,20H,5,9-13H2,1-4H3,(H,26,28)(H,27,29)/t15?,16-,17+,20+,24+. The van der Waals surface area contributed by atoms with Crippen LogP contribution in [0.2, 0.25) is 5.02 Å². The maximum absolute atomic E-state index is 13.2. The molecular weight excluding hydrogens is 416 g/mol. The minimum Gasteiger partial charge on any atom is -0.478 e. The highest BCUT2D eigenvalue weighted by molar-refractivity contribution is 6.30. The number of ether oxygens (including phenoxy) is 2. The molecule has 4 saturated carbocycles. The Bertz CT molecular complexity index is 855. The molecular formula is C24H33ClN2O4. The van der Waals surface area contributed by atoms with Crippen LogP contribution in [0, 0.1) is 24.7 Å². The molecule has 1 aromatic rings. The number of hydrogen-bond acceptors (Lipinski definition) is 4. The summed E-state index contributed by atoms with van der Waals surface area (Å²) in [5.74, 6) is 1.89. The molecule has 0 aliphatic heterocycles. The van der Waals surface area contributed by atoms with E-state index in [4.69, 9.17) is 21.1 Å². The third-order valence-corrected chi connectivity index (χ3v) is 7.50. The summed E-state index contributed by atoms with van der Waals surface area (Å²) in [6.07, 6.45) is 4.68. The third kappa shape index (κ3) is 4.50. The smallest absolute Gasteiger partial charge is 0.407 e. The summed E-state index contributed by atoms with van der Waals surface area (Å²) in [5, 5.41) is 7.12. The lowest BCUT2D eigenvalue weighted by molar-refractivity contribution is -0.139. The molecule has 0 saturated heterocycles. The van der Waals surface area contributed by atoms with E-state index in [1.54, 1.807) is 26.0 Å². The number of rotatable bonds is 6. The molecule has 5 atom stereocenters. The summed E-state index contributed by atoms with van der Waals surface area (Å²) in [7, 11) is 0. The average molecular weight is 449 g/mol. The van der Waals surface area contributed by atoms with Gasteiger partial charge >= 0.3 is 6.09 Å². The number of aryl methyl sites for hydroxylation is 1. The fourth-order valence-electron chi connectivity index (χ4n) is 6.17. The van der Waals surface area contributed by atoms with Crippen molar-refractivity contribution in [3.05, 3.63) is 28.8 Å². The predicted molar refractivity (Wildman–Crippen MR) is 119 cm³/mol. The Morgan fingerprint density at radius 2 is 1.87 bits per heavy atom. The molecule has 170 valence electrons. The topological polar surface area (TPSA) is 76.7 Å². The van der Waals surface area contributed by atoms with Crippen molar-refractivity contribution in [1.82, 2.24) is 10.6 Å². The van der Waals surface area contributed by atoms with E-state index in [0.29, 0.717) is 35.1 Å². The van der Waals surface area contributed by atoms with Crippen LogP contribution in [0.25, 0.3) is 0 Å². The molecule has 6 nitrogen and oxygen atoms in total. The lowest BCUT2D eigenvalue weighted by Crippen LogP contribution is -2.67. The van der Waals surface area contributed by atoms with Gasteiger partial charge in [0.25, 0.3) is 5.91 Å². The van der Waals surface area contributed by atoms with Crippen molar-refractivity contribution < 1.29 is 19.1 Å². The van der Waals surface area contributed by atoms with E-state index in [-0.39, 0.29) is 23.6 Å². The van der Waals surface area contributed by atoms with Crippen LogP contribution in [0.5, 0.6) is 5.75 Å². The zero-order valence-corrected chi connectivity index (χ0v) is 19.6. The van der Waals surface area contributed by atoms with E-state index in [0.717, 1.165) is 37.7 Å². The lowest BCUT2D eigenvalue weighted by atomic mass is 9.51. The Kier molecular flexibility index (Phi) is 5.88. The molecule has 0 heterocycles. The highest BCUT2D eigenvalue weighted by atomic mass is 35.5. The Morgan fingerprint density at radius 3 is 2.48 bits per heavy atom. The molecule has 31 heavy (non-hydrogen) atoms. The van der Waals surface area contributed by atoms with Gasteiger partial charge in [-0.1, -0.05) is 11.6 Å². The first-order valence-corrected chi connectivity index (χ1v) is 11.7. The van der Waals surface area contributed by atoms with Crippen molar-refractivity contribution in [3.8, 4) is 5.75 Å². The number of halogens is 1. The summed E-state index contributed by atoms with van der Waals surface area (Å²) in [5.41, 5.74) is -0.292. The van der Waals surface area contributed by atoms with Crippen molar-refractivity contribution in [1.29, 1.82) is 0 Å². The Labute approximate surface area is 189 Å². The first kappa shape index (κ1) is 22.3. The van der Waals surface area contributed by atoms with Gasteiger partial charge in [-0.3, -0.25) is 4.79 Å². The number of benzene rings is 1. The summed E-state index contributed by atoms with van der Waals surface area (Å²) >= 11 is 6.04. The third-order valence-electron chi connectivity index (χ3n) is 7.26. The molecule has 2 N–H and O–H groups in total. The van der Waals surface area contributed by atoms with Crippen LogP contribution < -0.4 is 15.4 Å². The minimum absolute atomic E-state index is 0.105. The van der Waals surface area contributed by atoms with Gasteiger partial charge in [-0.05, 0) is 101 Å². The van der Waals surface area contributed by atoms with Crippen LogP contribution in [-0.4, -0.2) is 35.8 Å². The highest BCUT2D eigenvalue weighted by Crippen LogP contribution is 2.55. The average Bonchev–Trinajstić information content (AvgIpc) is 2.66. The summed E-state index contributed by atoms with van der Waals surface area (Å²) in [4.78, 5) is 25.3. The molecule has 1 aromatic carbocycles. The van der Waals surface area contributed by atoms with Crippen molar-refractivity contribution in [2.24, 2.45) is 17.8 Å². The summed E-state index contributed by atoms with van der Waals surface area (Å²) in [6, 6.07) is 5.53. The number of carbonyl (C=O) groups excluding carboxylic acids is 2. The molecule has 4 aliphatic rings. The van der Waals surface area contributed by atoms with Crippen LogP contribution in [0.1, 0.15) is 58.4 Å². The Hall–Kier alpha value is -1.95. The van der Waals surface area contributed by atoms with Crippen molar-refractivity contribution >= 4 is 23.6 Å². The van der Waals surface area contributed by atoms with E-state index in [2.05, 4.69) is 10.6 Å². The molecule has 0 spiro atoms. The second-order valence-corrected chi connectivity index (χ2v) is 10.6. The largest absolute Gasteiger partial charge is 0.478 e. The first-order valence-electron chi connectivity index (χ1n) is 11.3. The molecule has 4 bridgehead atoms. The Balaban J connectivity index is 1.43. The van der Waals surface area contributed by atoms with Crippen molar-refractivity contribution in [2.45, 2.75) is 77.0 Å². The maximum atomic E-state index is 13.2. The van der Waals surface area contributed by atoms with E-state index < -0.39 is 5.60 Å². The van der Waals surface area contributed by atoms with E-state index >= 15 is 0 Å². The van der Waals surface area contributed by atoms with Gasteiger partial charge in [-0.25, -0.2) is 4.79 Å². The molecule has 4 fully saturated rings. The van der Waals surface area contributed by atoms with Crippen LogP contribution >= 0.6 is 11.6 Å². The molecule has 0 radical (unpaired) electrons. The van der Waals surface area contributed by atoms with Crippen LogP contribution in [0.3, 0.4) is 0 Å². The SMILES string of the molecule is CCOC(=O)N[C@@]12CC3C[C@H](C1)[C@H](NC(=O)C(C)(C)Oc1ccc(Cl)cc1C)[C@@H](C3)C2. The molecule has 2 amide bonds. The summed E-state index contributed by atoms with van der Waals surface area (Å²) < 4.78 is 11.2. The van der Waals surface area contributed by atoms with Crippen LogP contribution in [0.4, 0.5) is 4.79 Å². The molecule has 1 unspecified atom stereocenters. The molecule has 5 rings (SSSR count). The Morgan fingerprint density at radius 1 is 1.19 bits per heavy atom. The van der Waals surface area contributed by atoms with Crippen LogP contribution in [0.15, 0.2) is 18.2 Å². The lowest BCUT2D eigenvalue weighted by Gasteiger charge is -2.60. The van der Waals surface area contributed by atoms with Gasteiger partial charge in [0.2, 0.25) is 0 Å². The quantitative estimate of drug-likeness (QED) is 0.665. The number of hydrogen-bond donors (Lipinski definition) is 2. The maximum Gasteiger partial charge on any atom is 0.407 e. The van der Waals surface area contributed by atoms with Gasteiger partial charge in [0.1, 0.15) is 5.75 Å². The normalized spacial score (nSPS) is 31.3. The predicted octanol–water partition coefficient (Wildman–Crippen LogP) is 4.62. The summed E-state index contributed by atoms with van der Waals surface area (Å²) in [6.45, 7) is 7.72. The number of amides is 2. The van der Waals surface area contributed by atoms with Gasteiger partial charge in [0.05, 0.1) is 6.61 Å². The van der Waals surface area contributed by atoms with Gasteiger partial charge in [0.15, 0.2) is 5.60 Å². The monoisotopic (exact) mass is 448 g/mol. The van der Waals surface area contributed by atoms with Gasteiger partial charge < -0.3 is 20.1 Å². The van der Waals surface area contributed by atoms with Gasteiger partial charge in [-0.15, -0.1) is 0 Å². The number of alkyl carbamates (subject to hydrolysis) is 1. The van der Waals surface area contributed by atoms with Gasteiger partial charge in [-0.2, -0.15) is 0 Å². The second-order valence-electron chi connectivity index (χ2n) is 10.1. The second kappa shape index (κ2) is 8.19. The highest BCUT2D eigenvalue weighted by Gasteiger charge is 2.56. The number of nitrogens with one attached hydrogen (secondary N) is 2. The van der Waals surface area contributed by atoms with Crippen LogP contribution in [-0.2, 0) is 9.53 Å². The van der Waals surface area contributed by atoms with Crippen molar-refractivity contribution in [2.75, 3.05) is 6.61 Å². The zero-order valence-electron chi connectivity index (χ0n) is 18.8. The fourth-order valence-corrected chi connectivity index (χ4v) is 6.40. The minimum atomic E-state index is -1.01. The van der Waals surface area contributed by atoms with Gasteiger partial charge in [0, 0.05) is 16.6 Å². The molecule has 7 heteroatoms. The van der Waals surface area contributed by atoms with E-state index in [1.165, 1.54) is 0 Å².